The van der Waals surface area contributed by atoms with E-state index >= 15 is 0 Å². The smallest absolute Gasteiger partial charge is 0.224 e. The summed E-state index contributed by atoms with van der Waals surface area (Å²) in [4.78, 5) is 19.1. The quantitative estimate of drug-likeness (QED) is 0.549. The zero-order valence-corrected chi connectivity index (χ0v) is 18.8. The highest BCUT2D eigenvalue weighted by molar-refractivity contribution is 5.90. The Morgan fingerprint density at radius 3 is 2.47 bits per heavy atom. The second kappa shape index (κ2) is 10.6. The predicted octanol–water partition coefficient (Wildman–Crippen LogP) is 4.87. The van der Waals surface area contributed by atoms with E-state index in [9.17, 15) is 4.79 Å². The summed E-state index contributed by atoms with van der Waals surface area (Å²) >= 11 is 0. The van der Waals surface area contributed by atoms with Crippen molar-refractivity contribution in [1.29, 1.82) is 0 Å². The molecule has 6 heteroatoms. The van der Waals surface area contributed by atoms with Gasteiger partial charge in [0.05, 0.1) is 19.4 Å². The number of nitrogens with one attached hydrogen (secondary N) is 1. The van der Waals surface area contributed by atoms with Crippen LogP contribution in [0.5, 0.6) is 0 Å². The molecule has 0 spiro atoms. The maximum absolute atomic E-state index is 12.4. The zero-order valence-electron chi connectivity index (χ0n) is 18.8. The second-order valence-corrected chi connectivity index (χ2v) is 8.53. The summed E-state index contributed by atoms with van der Waals surface area (Å²) in [6.07, 6.45) is 2.51. The fraction of sp³-hybridized carbons (Fsp3) is 0.385. The maximum atomic E-state index is 12.4. The van der Waals surface area contributed by atoms with Gasteiger partial charge < -0.3 is 14.5 Å². The van der Waals surface area contributed by atoms with Crippen molar-refractivity contribution in [3.05, 3.63) is 71.7 Å². The van der Waals surface area contributed by atoms with E-state index in [1.165, 1.54) is 11.1 Å². The third-order valence-corrected chi connectivity index (χ3v) is 5.73. The number of carbonyl (C=O) groups excluding carboxylic acids is 1. The first-order valence-electron chi connectivity index (χ1n) is 11.3. The van der Waals surface area contributed by atoms with Crippen molar-refractivity contribution >= 4 is 11.6 Å². The molecule has 0 radical (unpaired) electrons. The summed E-state index contributed by atoms with van der Waals surface area (Å²) in [5.74, 6) is 1.75. The number of aromatic nitrogens is 1. The highest BCUT2D eigenvalue weighted by Crippen LogP contribution is 2.24. The van der Waals surface area contributed by atoms with Crippen LogP contribution in [0.2, 0.25) is 0 Å². The van der Waals surface area contributed by atoms with Crippen molar-refractivity contribution in [2.24, 2.45) is 0 Å². The molecule has 6 nitrogen and oxygen atoms in total. The molecule has 1 aliphatic heterocycles. The Kier molecular flexibility index (Phi) is 7.35. The molecule has 0 aliphatic carbocycles. The van der Waals surface area contributed by atoms with Crippen LogP contribution >= 0.6 is 0 Å². The molecule has 0 unspecified atom stereocenters. The van der Waals surface area contributed by atoms with Crippen LogP contribution in [0.15, 0.2) is 59.1 Å². The number of nitrogens with zero attached hydrogens (tertiary/aromatic N) is 2. The van der Waals surface area contributed by atoms with Crippen LogP contribution < -0.4 is 5.32 Å². The minimum atomic E-state index is -0.0491. The van der Waals surface area contributed by atoms with Gasteiger partial charge in [0.2, 0.25) is 5.91 Å². The Bertz CT molecular complexity index is 1000. The molecule has 2 heterocycles. The molecule has 1 fully saturated rings. The Morgan fingerprint density at radius 2 is 1.78 bits per heavy atom. The average Bonchev–Trinajstić information content (AvgIpc) is 3.29. The molecule has 1 aliphatic rings. The molecule has 0 bridgehead atoms. The van der Waals surface area contributed by atoms with E-state index in [1.54, 1.807) is 6.20 Å². The summed E-state index contributed by atoms with van der Waals surface area (Å²) < 4.78 is 11.2. The molecule has 3 aromatic rings. The SMILES string of the molecule is CC(C)c1ccc(-c2cnc(CCC(=O)Nc3ccc(CN4CCOCC4)cc3)o2)cc1. The Balaban J connectivity index is 1.25. The first kappa shape index (κ1) is 22.2. The normalized spacial score (nSPS) is 14.6. The summed E-state index contributed by atoms with van der Waals surface area (Å²) in [5, 5.41) is 2.96. The van der Waals surface area contributed by atoms with Gasteiger partial charge in [0.15, 0.2) is 11.7 Å². The molecule has 4 rings (SSSR count). The van der Waals surface area contributed by atoms with Gasteiger partial charge in [-0.1, -0.05) is 50.2 Å². The van der Waals surface area contributed by atoms with Gasteiger partial charge in [-0.2, -0.15) is 0 Å². The number of rotatable bonds is 8. The molecule has 1 amide bonds. The minimum absolute atomic E-state index is 0.0491. The number of oxazole rings is 1. The van der Waals surface area contributed by atoms with E-state index in [0.717, 1.165) is 49.9 Å². The molecule has 32 heavy (non-hydrogen) atoms. The second-order valence-electron chi connectivity index (χ2n) is 8.53. The maximum Gasteiger partial charge on any atom is 0.224 e. The number of anilines is 1. The third-order valence-electron chi connectivity index (χ3n) is 5.73. The van der Waals surface area contributed by atoms with E-state index in [4.69, 9.17) is 9.15 Å². The predicted molar refractivity (Wildman–Crippen MR) is 126 cm³/mol. The largest absolute Gasteiger partial charge is 0.441 e. The van der Waals surface area contributed by atoms with Gasteiger partial charge >= 0.3 is 0 Å². The number of morpholine rings is 1. The van der Waals surface area contributed by atoms with Gasteiger partial charge in [-0.05, 0) is 29.2 Å². The van der Waals surface area contributed by atoms with E-state index in [1.807, 2.05) is 12.1 Å². The minimum Gasteiger partial charge on any atom is -0.441 e. The average molecular weight is 434 g/mol. The van der Waals surface area contributed by atoms with Crippen molar-refractivity contribution in [1.82, 2.24) is 9.88 Å². The molecular weight excluding hydrogens is 402 g/mol. The number of aryl methyl sites for hydroxylation is 1. The lowest BCUT2D eigenvalue weighted by Gasteiger charge is -2.26. The summed E-state index contributed by atoms with van der Waals surface area (Å²) in [5.41, 5.74) is 4.33. The lowest BCUT2D eigenvalue weighted by atomic mass is 10.0. The van der Waals surface area contributed by atoms with Crippen LogP contribution in [0.3, 0.4) is 0 Å². The standard InChI is InChI=1S/C26H31N3O3/c1-19(2)21-5-7-22(8-6-21)24-17-27-26(32-24)12-11-25(30)28-23-9-3-20(4-10-23)18-29-13-15-31-16-14-29/h3-10,17,19H,11-16,18H2,1-2H3,(H,28,30). The molecule has 0 saturated carbocycles. The third kappa shape index (κ3) is 6.05. The van der Waals surface area contributed by atoms with Gasteiger partial charge in [-0.15, -0.1) is 0 Å². The summed E-state index contributed by atoms with van der Waals surface area (Å²) in [7, 11) is 0. The number of hydrogen-bond acceptors (Lipinski definition) is 5. The number of carbonyl (C=O) groups is 1. The van der Waals surface area contributed by atoms with Crippen molar-refractivity contribution < 1.29 is 13.9 Å². The van der Waals surface area contributed by atoms with Gasteiger partial charge in [0.1, 0.15) is 0 Å². The van der Waals surface area contributed by atoms with Crippen LogP contribution in [0, 0.1) is 0 Å². The fourth-order valence-corrected chi connectivity index (χ4v) is 3.75. The molecule has 1 N–H and O–H groups in total. The Morgan fingerprint density at radius 1 is 1.06 bits per heavy atom. The van der Waals surface area contributed by atoms with Crippen molar-refractivity contribution in [3.63, 3.8) is 0 Å². The van der Waals surface area contributed by atoms with Crippen molar-refractivity contribution in [3.8, 4) is 11.3 Å². The van der Waals surface area contributed by atoms with Crippen LogP contribution in [0.1, 0.15) is 43.2 Å². The van der Waals surface area contributed by atoms with Crippen molar-refractivity contribution in [2.75, 3.05) is 31.6 Å². The molecule has 1 saturated heterocycles. The van der Waals surface area contributed by atoms with Crippen LogP contribution in [0.25, 0.3) is 11.3 Å². The van der Waals surface area contributed by atoms with E-state index in [2.05, 4.69) is 65.4 Å². The first-order valence-corrected chi connectivity index (χ1v) is 11.3. The topological polar surface area (TPSA) is 67.6 Å². The summed E-state index contributed by atoms with van der Waals surface area (Å²) in [6, 6.07) is 16.4. The highest BCUT2D eigenvalue weighted by atomic mass is 16.5. The number of amides is 1. The number of ether oxygens (including phenoxy) is 1. The number of benzene rings is 2. The van der Waals surface area contributed by atoms with E-state index in [-0.39, 0.29) is 5.91 Å². The first-order chi connectivity index (χ1) is 15.6. The zero-order chi connectivity index (χ0) is 22.3. The Hall–Kier alpha value is -2.96. The molecular formula is C26H31N3O3. The van der Waals surface area contributed by atoms with E-state index < -0.39 is 0 Å². The molecule has 0 atom stereocenters. The van der Waals surface area contributed by atoms with Gasteiger partial charge in [-0.3, -0.25) is 9.69 Å². The lowest BCUT2D eigenvalue weighted by Crippen LogP contribution is -2.35. The van der Waals surface area contributed by atoms with Crippen molar-refractivity contribution in [2.45, 2.75) is 39.2 Å². The van der Waals surface area contributed by atoms with Crippen LogP contribution in [-0.2, 0) is 22.5 Å². The van der Waals surface area contributed by atoms with Gasteiger partial charge in [-0.25, -0.2) is 4.98 Å². The van der Waals surface area contributed by atoms with Gasteiger partial charge in [0.25, 0.3) is 0 Å². The lowest BCUT2D eigenvalue weighted by molar-refractivity contribution is -0.116. The highest BCUT2D eigenvalue weighted by Gasteiger charge is 2.12. The monoisotopic (exact) mass is 433 g/mol. The molecule has 168 valence electrons. The van der Waals surface area contributed by atoms with Gasteiger partial charge in [0, 0.05) is 43.7 Å². The van der Waals surface area contributed by atoms with E-state index in [0.29, 0.717) is 24.7 Å². The fourth-order valence-electron chi connectivity index (χ4n) is 3.75. The Labute approximate surface area is 189 Å². The molecule has 1 aromatic heterocycles. The number of hydrogen-bond donors (Lipinski definition) is 1. The summed E-state index contributed by atoms with van der Waals surface area (Å²) in [6.45, 7) is 8.77. The van der Waals surface area contributed by atoms with Crippen LogP contribution in [-0.4, -0.2) is 42.1 Å². The van der Waals surface area contributed by atoms with Crippen LogP contribution in [0.4, 0.5) is 5.69 Å². The molecule has 2 aromatic carbocycles.